The normalized spacial score (nSPS) is 0. The summed E-state index contributed by atoms with van der Waals surface area (Å²) >= 11 is 0. The summed E-state index contributed by atoms with van der Waals surface area (Å²) in [5.41, 5.74) is 0. The SMILES string of the molecule is O.[Cu].[GaH3].[SrH2]. The molecular formula is H7CuGaOSr. The fourth-order valence-corrected chi connectivity index (χ4v) is 0. The molecule has 29 valence electrons. The third-order valence-corrected chi connectivity index (χ3v) is 0. The summed E-state index contributed by atoms with van der Waals surface area (Å²) in [6.45, 7) is 0. The second kappa shape index (κ2) is 17.5. The van der Waals surface area contributed by atoms with Crippen LogP contribution in [0, 0.1) is 0 Å². The quantitative estimate of drug-likeness (QED) is 0.409. The third kappa shape index (κ3) is 8.82. The molecule has 4 heteroatoms. The van der Waals surface area contributed by atoms with Gasteiger partial charge in [-0.2, -0.15) is 0 Å². The summed E-state index contributed by atoms with van der Waals surface area (Å²) in [5, 5.41) is 0. The van der Waals surface area contributed by atoms with Crippen LogP contribution in [0.4, 0.5) is 0 Å². The van der Waals surface area contributed by atoms with E-state index in [0.717, 1.165) is 0 Å². The molecule has 0 aromatic heterocycles. The van der Waals surface area contributed by atoms with Gasteiger partial charge in [-0.15, -0.1) is 0 Å². The van der Waals surface area contributed by atoms with Crippen molar-refractivity contribution in [3.8, 4) is 0 Å². The van der Waals surface area contributed by atoms with Crippen molar-refractivity contribution >= 4 is 65.3 Å². The van der Waals surface area contributed by atoms with Gasteiger partial charge >= 0.3 is 65.3 Å². The molecule has 0 aliphatic heterocycles. The van der Waals surface area contributed by atoms with Gasteiger partial charge in [0, 0.05) is 17.1 Å². The fraction of sp³-hybridized carbons (Fsp3) is 0. The fourth-order valence-electron chi connectivity index (χ4n) is 0. The van der Waals surface area contributed by atoms with E-state index in [0.29, 0.717) is 0 Å². The average Bonchev–Trinajstić information content (AvgIpc) is 0. The summed E-state index contributed by atoms with van der Waals surface area (Å²) in [5.74, 6) is 0. The van der Waals surface area contributed by atoms with Crippen molar-refractivity contribution in [1.82, 2.24) is 0 Å². The number of hydrogen-bond acceptors (Lipinski definition) is 0. The van der Waals surface area contributed by atoms with E-state index >= 15 is 0 Å². The number of hydrogen-bond donors (Lipinski definition) is 0. The average molecular weight is 244 g/mol. The van der Waals surface area contributed by atoms with Gasteiger partial charge in [0.15, 0.2) is 0 Å². The Balaban J connectivity index is 0. The van der Waals surface area contributed by atoms with Gasteiger partial charge in [0.1, 0.15) is 0 Å². The van der Waals surface area contributed by atoms with Gasteiger partial charge in [-0.1, -0.05) is 0 Å². The zero-order valence-corrected chi connectivity index (χ0v) is 1.74. The topological polar surface area (TPSA) is 31.5 Å². The van der Waals surface area contributed by atoms with E-state index in [1.165, 1.54) is 0 Å². The van der Waals surface area contributed by atoms with Gasteiger partial charge in [-0.3, -0.25) is 0 Å². The second-order valence-corrected chi connectivity index (χ2v) is 0. The van der Waals surface area contributed by atoms with Crippen LogP contribution in [0.5, 0.6) is 0 Å². The molecular weight excluding hydrogens is 237 g/mol. The molecule has 0 saturated carbocycles. The van der Waals surface area contributed by atoms with Crippen molar-refractivity contribution in [3.05, 3.63) is 0 Å². The standard InChI is InChI=1S/Cu.Ga.H2O.Sr.5H/h;;1H2;;;;;;. The van der Waals surface area contributed by atoms with Crippen molar-refractivity contribution in [3.63, 3.8) is 0 Å². The summed E-state index contributed by atoms with van der Waals surface area (Å²) in [6.07, 6.45) is 0. The monoisotopic (exact) mass is 243 g/mol. The third-order valence-electron chi connectivity index (χ3n) is 0. The Bertz CT molecular complexity index is 8.00. The summed E-state index contributed by atoms with van der Waals surface area (Å²) in [4.78, 5) is 0. The van der Waals surface area contributed by atoms with E-state index in [9.17, 15) is 0 Å². The van der Waals surface area contributed by atoms with E-state index in [4.69, 9.17) is 0 Å². The molecule has 0 aliphatic carbocycles. The predicted octanol–water partition coefficient (Wildman–Crippen LogP) is -2.93. The molecule has 0 spiro atoms. The molecule has 0 aliphatic rings. The Hall–Kier alpha value is 2.60. The van der Waals surface area contributed by atoms with Crippen molar-refractivity contribution in [1.29, 1.82) is 0 Å². The Morgan fingerprint density at radius 1 is 1.00 bits per heavy atom. The Morgan fingerprint density at radius 3 is 1.00 bits per heavy atom. The molecule has 0 unspecified atom stereocenters. The van der Waals surface area contributed by atoms with Crippen LogP contribution in [0.15, 0.2) is 0 Å². The van der Waals surface area contributed by atoms with E-state index in [-0.39, 0.29) is 87.8 Å². The van der Waals surface area contributed by atoms with Crippen LogP contribution in [0.1, 0.15) is 0 Å². The zero-order valence-electron chi connectivity index (χ0n) is 0.802. The van der Waals surface area contributed by atoms with Crippen LogP contribution >= 0.6 is 0 Å². The molecule has 0 bridgehead atoms. The predicted molar refractivity (Wildman–Crippen MR) is 22.1 cm³/mol. The van der Waals surface area contributed by atoms with Crippen LogP contribution < -0.4 is 0 Å². The minimum absolute atomic E-state index is 0. The Morgan fingerprint density at radius 2 is 1.00 bits per heavy atom. The zero-order chi connectivity index (χ0) is 0. The van der Waals surface area contributed by atoms with Crippen molar-refractivity contribution in [2.45, 2.75) is 0 Å². The first kappa shape index (κ1) is 30.6. The molecule has 0 saturated heterocycles. The van der Waals surface area contributed by atoms with E-state index in [1.807, 2.05) is 0 Å². The molecule has 1 nitrogen and oxygen atoms in total. The van der Waals surface area contributed by atoms with Crippen LogP contribution in [0.2, 0.25) is 0 Å². The van der Waals surface area contributed by atoms with Crippen molar-refractivity contribution < 1.29 is 22.5 Å². The first-order valence-corrected chi connectivity index (χ1v) is 0. The van der Waals surface area contributed by atoms with Gasteiger partial charge in [0.2, 0.25) is 0 Å². The second-order valence-electron chi connectivity index (χ2n) is 0. The Labute approximate surface area is 86.0 Å². The van der Waals surface area contributed by atoms with E-state index < -0.39 is 0 Å². The molecule has 0 rings (SSSR count). The molecule has 0 atom stereocenters. The molecule has 0 amide bonds. The van der Waals surface area contributed by atoms with Gasteiger partial charge in [0.05, 0.1) is 0 Å². The molecule has 0 aromatic carbocycles. The molecule has 1 radical (unpaired) electrons. The Kier molecular flexibility index (Phi) is 134. The van der Waals surface area contributed by atoms with Gasteiger partial charge < -0.3 is 5.48 Å². The van der Waals surface area contributed by atoms with E-state index in [2.05, 4.69) is 0 Å². The number of rotatable bonds is 0. The van der Waals surface area contributed by atoms with E-state index in [1.54, 1.807) is 0 Å². The van der Waals surface area contributed by atoms with Gasteiger partial charge in [0.25, 0.3) is 0 Å². The minimum atomic E-state index is 0. The molecule has 4 heavy (non-hydrogen) atoms. The van der Waals surface area contributed by atoms with Crippen molar-refractivity contribution in [2.24, 2.45) is 0 Å². The maximum absolute atomic E-state index is 0. The summed E-state index contributed by atoms with van der Waals surface area (Å²) in [6, 6.07) is 0. The molecule has 0 aromatic rings. The van der Waals surface area contributed by atoms with Gasteiger partial charge in [-0.25, -0.2) is 0 Å². The van der Waals surface area contributed by atoms with Crippen molar-refractivity contribution in [2.75, 3.05) is 0 Å². The van der Waals surface area contributed by atoms with Crippen LogP contribution in [-0.2, 0) is 17.1 Å². The van der Waals surface area contributed by atoms with Gasteiger partial charge in [-0.05, 0) is 0 Å². The molecule has 0 heterocycles. The maximum atomic E-state index is 0. The molecule has 2 N–H and O–H groups in total. The molecule has 0 fully saturated rings. The van der Waals surface area contributed by atoms with Crippen LogP contribution in [0.25, 0.3) is 0 Å². The summed E-state index contributed by atoms with van der Waals surface area (Å²) in [7, 11) is 0. The first-order chi connectivity index (χ1) is 0. The summed E-state index contributed by atoms with van der Waals surface area (Å²) < 4.78 is 0. The van der Waals surface area contributed by atoms with Crippen LogP contribution in [-0.4, -0.2) is 70.7 Å². The van der Waals surface area contributed by atoms with Crippen LogP contribution in [0.3, 0.4) is 0 Å². The first-order valence-electron chi connectivity index (χ1n) is 0.